The van der Waals surface area contributed by atoms with E-state index in [1.807, 2.05) is 0 Å². The first-order chi connectivity index (χ1) is 32.2. The van der Waals surface area contributed by atoms with Gasteiger partial charge < -0.3 is 9.32 Å². The largest absolute Gasteiger partial charge is 0.455 e. The van der Waals surface area contributed by atoms with Crippen molar-refractivity contribution in [3.8, 4) is 33.4 Å². The van der Waals surface area contributed by atoms with Crippen LogP contribution in [0.2, 0.25) is 0 Å². The minimum atomic E-state index is -0.526. The predicted molar refractivity (Wildman–Crippen MR) is 272 cm³/mol. The summed E-state index contributed by atoms with van der Waals surface area (Å²) in [4.78, 5) is 2.43. The molecule has 0 amide bonds. The predicted octanol–water partition coefficient (Wildman–Crippen LogP) is 17.1. The molecule has 0 atom stereocenters. The lowest BCUT2D eigenvalue weighted by Crippen LogP contribution is -2.28. The first kappa shape index (κ1) is 37.1. The summed E-state index contributed by atoms with van der Waals surface area (Å²) in [5.74, 6) is 0. The van der Waals surface area contributed by atoms with Crippen LogP contribution in [0.25, 0.3) is 76.9 Å². The molecule has 2 nitrogen and oxygen atoms in total. The molecular formula is C63H41NO. The molecule has 13 rings (SSSR count). The summed E-state index contributed by atoms with van der Waals surface area (Å²) in [6.45, 7) is 0. The highest BCUT2D eigenvalue weighted by Crippen LogP contribution is 2.57. The Morgan fingerprint density at radius 2 is 0.908 bits per heavy atom. The highest BCUT2D eigenvalue weighted by Gasteiger charge is 2.46. The van der Waals surface area contributed by atoms with Gasteiger partial charge in [0, 0.05) is 33.2 Å². The van der Waals surface area contributed by atoms with E-state index in [4.69, 9.17) is 4.42 Å². The standard InChI is InChI=1S/C63H41NO/c1-3-20-46(21-4-1)63(47-22-5-2-6-23-47)58-30-12-11-27-55(58)56-39-37-50(41-59(56)63)64(49-24-13-19-45(40-49)52-28-14-18-42-16-7-9-25-51(42)52)48-35-32-44(33-36-48)53-29-15-31-60-61(53)57-38-34-43-17-8-10-26-54(43)62(57)65-60/h1-41H. The maximum Gasteiger partial charge on any atom is 0.143 e. The fourth-order valence-corrected chi connectivity index (χ4v) is 10.9. The minimum absolute atomic E-state index is 0.526. The zero-order valence-electron chi connectivity index (χ0n) is 35.5. The fourth-order valence-electron chi connectivity index (χ4n) is 10.9. The number of nitrogens with zero attached hydrogens (tertiary/aromatic N) is 1. The van der Waals surface area contributed by atoms with Gasteiger partial charge in [0.1, 0.15) is 11.2 Å². The average molecular weight is 828 g/mol. The smallest absolute Gasteiger partial charge is 0.143 e. The molecule has 0 bridgehead atoms. The summed E-state index contributed by atoms with van der Waals surface area (Å²) in [6, 6.07) is 90.9. The van der Waals surface area contributed by atoms with Gasteiger partial charge in [-0.05, 0) is 120 Å². The van der Waals surface area contributed by atoms with Crippen LogP contribution < -0.4 is 4.90 Å². The molecule has 11 aromatic carbocycles. The lowest BCUT2D eigenvalue weighted by molar-refractivity contribution is 0.673. The van der Waals surface area contributed by atoms with E-state index in [0.29, 0.717) is 0 Å². The molecule has 65 heavy (non-hydrogen) atoms. The number of hydrogen-bond acceptors (Lipinski definition) is 2. The summed E-state index contributed by atoms with van der Waals surface area (Å²) >= 11 is 0. The number of benzene rings is 11. The van der Waals surface area contributed by atoms with Gasteiger partial charge in [0.2, 0.25) is 0 Å². The van der Waals surface area contributed by atoms with E-state index in [2.05, 4.69) is 254 Å². The molecule has 0 fully saturated rings. The number of rotatable bonds is 7. The van der Waals surface area contributed by atoms with Crippen molar-refractivity contribution in [2.45, 2.75) is 5.41 Å². The maximum absolute atomic E-state index is 6.61. The monoisotopic (exact) mass is 827 g/mol. The van der Waals surface area contributed by atoms with Crippen molar-refractivity contribution in [1.82, 2.24) is 0 Å². The SMILES string of the molecule is c1ccc(C2(c3ccccc3)c3ccccc3-c3ccc(N(c4ccc(-c5cccc6oc7c8ccccc8ccc7c56)cc4)c4cccc(-c5cccc6ccccc56)c4)cc32)cc1. The lowest BCUT2D eigenvalue weighted by atomic mass is 9.67. The van der Waals surface area contributed by atoms with E-state index in [-0.39, 0.29) is 0 Å². The van der Waals surface area contributed by atoms with Crippen LogP contribution in [0.15, 0.2) is 253 Å². The van der Waals surface area contributed by atoms with E-state index in [0.717, 1.165) is 55.5 Å². The number of fused-ring (bicyclic) bond motifs is 9. The van der Waals surface area contributed by atoms with Gasteiger partial charge >= 0.3 is 0 Å². The Hall–Kier alpha value is -8.46. The molecule has 0 N–H and O–H groups in total. The van der Waals surface area contributed by atoms with Gasteiger partial charge in [0.05, 0.1) is 5.41 Å². The summed E-state index contributed by atoms with van der Waals surface area (Å²) in [7, 11) is 0. The lowest BCUT2D eigenvalue weighted by Gasteiger charge is -2.35. The van der Waals surface area contributed by atoms with Crippen molar-refractivity contribution >= 4 is 60.5 Å². The third-order valence-electron chi connectivity index (χ3n) is 13.7. The molecule has 0 aliphatic heterocycles. The van der Waals surface area contributed by atoms with Crippen LogP contribution in [0.5, 0.6) is 0 Å². The first-order valence-electron chi connectivity index (χ1n) is 22.4. The van der Waals surface area contributed by atoms with Crippen LogP contribution in [0.3, 0.4) is 0 Å². The van der Waals surface area contributed by atoms with Gasteiger partial charge in [-0.1, -0.05) is 200 Å². The molecular weight excluding hydrogens is 787 g/mol. The second kappa shape index (κ2) is 14.8. The zero-order valence-corrected chi connectivity index (χ0v) is 35.5. The van der Waals surface area contributed by atoms with Crippen LogP contribution >= 0.6 is 0 Å². The van der Waals surface area contributed by atoms with Gasteiger partial charge in [0.25, 0.3) is 0 Å². The molecule has 2 heteroatoms. The van der Waals surface area contributed by atoms with E-state index in [1.54, 1.807) is 0 Å². The van der Waals surface area contributed by atoms with Crippen LogP contribution in [0.4, 0.5) is 17.1 Å². The summed E-state index contributed by atoms with van der Waals surface area (Å²) < 4.78 is 6.61. The topological polar surface area (TPSA) is 16.4 Å². The molecule has 1 aliphatic rings. The molecule has 1 aliphatic carbocycles. The molecule has 1 aromatic heterocycles. The Bertz CT molecular complexity index is 3730. The van der Waals surface area contributed by atoms with E-state index in [9.17, 15) is 0 Å². The third-order valence-corrected chi connectivity index (χ3v) is 13.7. The van der Waals surface area contributed by atoms with Crippen LogP contribution in [-0.2, 0) is 5.41 Å². The number of furan rings is 1. The summed E-state index contributed by atoms with van der Waals surface area (Å²) in [5.41, 5.74) is 16.8. The van der Waals surface area contributed by atoms with Crippen molar-refractivity contribution in [3.63, 3.8) is 0 Å². The normalized spacial score (nSPS) is 12.7. The second-order valence-electron chi connectivity index (χ2n) is 17.2. The van der Waals surface area contributed by atoms with E-state index in [1.165, 1.54) is 60.7 Å². The molecule has 0 saturated carbocycles. The molecule has 0 unspecified atom stereocenters. The van der Waals surface area contributed by atoms with Gasteiger partial charge in [-0.3, -0.25) is 0 Å². The molecule has 0 radical (unpaired) electrons. The van der Waals surface area contributed by atoms with Crippen molar-refractivity contribution in [2.24, 2.45) is 0 Å². The van der Waals surface area contributed by atoms with E-state index >= 15 is 0 Å². The van der Waals surface area contributed by atoms with Gasteiger partial charge in [0.15, 0.2) is 0 Å². The number of anilines is 3. The Labute approximate surface area is 377 Å². The number of hydrogen-bond donors (Lipinski definition) is 0. The van der Waals surface area contributed by atoms with Gasteiger partial charge in [-0.25, -0.2) is 0 Å². The van der Waals surface area contributed by atoms with Gasteiger partial charge in [-0.2, -0.15) is 0 Å². The maximum atomic E-state index is 6.61. The quantitative estimate of drug-likeness (QED) is 0.159. The minimum Gasteiger partial charge on any atom is -0.455 e. The molecule has 12 aromatic rings. The van der Waals surface area contributed by atoms with E-state index < -0.39 is 5.41 Å². The highest BCUT2D eigenvalue weighted by atomic mass is 16.3. The van der Waals surface area contributed by atoms with Gasteiger partial charge in [-0.15, -0.1) is 0 Å². The summed E-state index contributed by atoms with van der Waals surface area (Å²) in [5, 5.41) is 7.04. The molecule has 0 spiro atoms. The average Bonchev–Trinajstić information content (AvgIpc) is 3.91. The fraction of sp³-hybridized carbons (Fsp3) is 0.0159. The van der Waals surface area contributed by atoms with Crippen molar-refractivity contribution in [3.05, 3.63) is 271 Å². The van der Waals surface area contributed by atoms with Crippen LogP contribution in [0, 0.1) is 0 Å². The van der Waals surface area contributed by atoms with Crippen molar-refractivity contribution in [1.29, 1.82) is 0 Å². The Kier molecular flexibility index (Phi) is 8.47. The third kappa shape index (κ3) is 5.74. The Morgan fingerprint density at radius 1 is 0.323 bits per heavy atom. The molecule has 1 heterocycles. The highest BCUT2D eigenvalue weighted by molar-refractivity contribution is 6.19. The zero-order chi connectivity index (χ0) is 42.9. The Morgan fingerprint density at radius 3 is 1.71 bits per heavy atom. The van der Waals surface area contributed by atoms with Crippen molar-refractivity contribution < 1.29 is 4.42 Å². The van der Waals surface area contributed by atoms with Crippen LogP contribution in [0.1, 0.15) is 22.3 Å². The second-order valence-corrected chi connectivity index (χ2v) is 17.2. The summed E-state index contributed by atoms with van der Waals surface area (Å²) in [6.07, 6.45) is 0. The molecule has 0 saturated heterocycles. The van der Waals surface area contributed by atoms with Crippen molar-refractivity contribution in [2.75, 3.05) is 4.90 Å². The first-order valence-corrected chi connectivity index (χ1v) is 22.4. The van der Waals surface area contributed by atoms with Crippen LogP contribution in [-0.4, -0.2) is 0 Å². The molecule has 304 valence electrons. The Balaban J connectivity index is 1.02.